The van der Waals surface area contributed by atoms with Crippen molar-refractivity contribution >= 4 is 8.07 Å². The summed E-state index contributed by atoms with van der Waals surface area (Å²) in [5.74, 6) is 0. The molecule has 1 saturated heterocycles. The monoisotopic (exact) mass is 318 g/mol. The Morgan fingerprint density at radius 2 is 1.91 bits per heavy atom. The standard InChI is InChI=1S/C19H30O2Si/c1-5-7-12-20-17-13-16-14-10-8-9-11-15(14)19(18(17)21-16)22(3,4)6-2/h8-11,16-19H,5-7,12-13H2,1-4H3/t16-,17-,18+,19-/m0/s1. The molecule has 0 saturated carbocycles. The Morgan fingerprint density at radius 3 is 2.59 bits per heavy atom. The molecule has 2 aliphatic rings. The summed E-state index contributed by atoms with van der Waals surface area (Å²) in [6, 6.07) is 10.3. The maximum absolute atomic E-state index is 6.48. The molecule has 122 valence electrons. The quantitative estimate of drug-likeness (QED) is 0.539. The van der Waals surface area contributed by atoms with Gasteiger partial charge in [0.1, 0.15) is 0 Å². The predicted octanol–water partition coefficient (Wildman–Crippen LogP) is 5.07. The van der Waals surface area contributed by atoms with Crippen molar-refractivity contribution in [3.8, 4) is 0 Å². The third-order valence-electron chi connectivity index (χ3n) is 5.72. The number of ether oxygens (including phenoxy) is 2. The molecule has 0 aromatic heterocycles. The lowest BCUT2D eigenvalue weighted by molar-refractivity contribution is -0.0339. The summed E-state index contributed by atoms with van der Waals surface area (Å²) >= 11 is 0. The van der Waals surface area contributed by atoms with Gasteiger partial charge in [-0.25, -0.2) is 0 Å². The molecule has 1 aromatic carbocycles. The molecule has 0 N–H and O–H groups in total. The van der Waals surface area contributed by atoms with Gasteiger partial charge in [-0.2, -0.15) is 0 Å². The second-order valence-corrected chi connectivity index (χ2v) is 12.8. The zero-order valence-corrected chi connectivity index (χ0v) is 15.5. The van der Waals surface area contributed by atoms with Crippen molar-refractivity contribution in [2.45, 2.75) is 76.1 Å². The van der Waals surface area contributed by atoms with E-state index in [1.165, 1.54) is 18.0 Å². The normalized spacial score (nSPS) is 30.4. The van der Waals surface area contributed by atoms with Gasteiger partial charge in [-0.05, 0) is 17.5 Å². The van der Waals surface area contributed by atoms with Crippen molar-refractivity contribution in [2.24, 2.45) is 0 Å². The highest BCUT2D eigenvalue weighted by molar-refractivity contribution is 6.78. The number of hydrogen-bond acceptors (Lipinski definition) is 2. The summed E-state index contributed by atoms with van der Waals surface area (Å²) in [5, 5.41) is 0. The van der Waals surface area contributed by atoms with Crippen LogP contribution >= 0.6 is 0 Å². The van der Waals surface area contributed by atoms with Gasteiger partial charge in [-0.3, -0.25) is 0 Å². The first-order chi connectivity index (χ1) is 10.6. The summed E-state index contributed by atoms with van der Waals surface area (Å²) < 4.78 is 12.7. The van der Waals surface area contributed by atoms with Gasteiger partial charge in [0, 0.05) is 18.6 Å². The van der Waals surface area contributed by atoms with Crippen LogP contribution in [0.2, 0.25) is 19.1 Å². The maximum atomic E-state index is 6.48. The molecule has 0 unspecified atom stereocenters. The number of fused-ring (bicyclic) bond motifs is 4. The summed E-state index contributed by atoms with van der Waals surface area (Å²) in [6.07, 6.45) is 4.20. The summed E-state index contributed by atoms with van der Waals surface area (Å²) in [5.41, 5.74) is 3.56. The van der Waals surface area contributed by atoms with Gasteiger partial charge in [-0.15, -0.1) is 0 Å². The molecule has 0 spiro atoms. The van der Waals surface area contributed by atoms with Crippen LogP contribution in [0.15, 0.2) is 24.3 Å². The first-order valence-electron chi connectivity index (χ1n) is 8.94. The lowest BCUT2D eigenvalue weighted by Crippen LogP contribution is -2.47. The average molecular weight is 319 g/mol. The topological polar surface area (TPSA) is 18.5 Å². The smallest absolute Gasteiger partial charge is 0.0890 e. The highest BCUT2D eigenvalue weighted by Gasteiger charge is 2.52. The molecule has 3 rings (SSSR count). The summed E-state index contributed by atoms with van der Waals surface area (Å²) in [4.78, 5) is 0. The van der Waals surface area contributed by atoms with Crippen molar-refractivity contribution in [1.29, 1.82) is 0 Å². The Balaban J connectivity index is 1.91. The Kier molecular flexibility index (Phi) is 4.76. The number of unbranched alkanes of at least 4 members (excludes halogenated alkanes) is 1. The van der Waals surface area contributed by atoms with Crippen LogP contribution in [0.4, 0.5) is 0 Å². The van der Waals surface area contributed by atoms with E-state index in [0.29, 0.717) is 5.54 Å². The van der Waals surface area contributed by atoms with E-state index in [0.717, 1.165) is 19.4 Å². The van der Waals surface area contributed by atoms with Crippen molar-refractivity contribution in [3.63, 3.8) is 0 Å². The van der Waals surface area contributed by atoms with Crippen LogP contribution in [0.5, 0.6) is 0 Å². The minimum Gasteiger partial charge on any atom is -0.375 e. The lowest BCUT2D eigenvalue weighted by Gasteiger charge is -2.41. The predicted molar refractivity (Wildman–Crippen MR) is 94.0 cm³/mol. The van der Waals surface area contributed by atoms with Crippen LogP contribution in [0.3, 0.4) is 0 Å². The highest BCUT2D eigenvalue weighted by atomic mass is 28.3. The third kappa shape index (κ3) is 2.79. The third-order valence-corrected chi connectivity index (χ3v) is 9.87. The number of hydrogen-bond donors (Lipinski definition) is 0. The molecular formula is C19H30O2Si. The molecule has 0 amide bonds. The van der Waals surface area contributed by atoms with E-state index < -0.39 is 8.07 Å². The van der Waals surface area contributed by atoms with Crippen LogP contribution in [0.25, 0.3) is 0 Å². The summed E-state index contributed by atoms with van der Waals surface area (Å²) in [6.45, 7) is 10.5. The number of benzene rings is 1. The molecule has 1 aromatic rings. The van der Waals surface area contributed by atoms with Gasteiger partial charge in [-0.1, -0.05) is 63.7 Å². The Hall–Kier alpha value is -0.643. The molecule has 3 heteroatoms. The fourth-order valence-electron chi connectivity index (χ4n) is 4.06. The SMILES string of the molecule is CCCCO[C@H]1C[C@@H]2O[C@H]1[C@@H]([Si](C)(C)CC)c1ccccc12. The molecule has 1 fully saturated rings. The van der Waals surface area contributed by atoms with Gasteiger partial charge in [0.05, 0.1) is 26.4 Å². The molecule has 22 heavy (non-hydrogen) atoms. The van der Waals surface area contributed by atoms with Crippen LogP contribution in [-0.2, 0) is 9.47 Å². The first kappa shape index (κ1) is 16.2. The van der Waals surface area contributed by atoms with Gasteiger partial charge in [0.25, 0.3) is 0 Å². The first-order valence-corrected chi connectivity index (χ1v) is 12.2. The molecule has 2 nitrogen and oxygen atoms in total. The zero-order chi connectivity index (χ0) is 15.7. The molecule has 0 aliphatic carbocycles. The molecule has 4 atom stereocenters. The van der Waals surface area contributed by atoms with Gasteiger partial charge < -0.3 is 9.47 Å². The van der Waals surface area contributed by atoms with Crippen molar-refractivity contribution in [1.82, 2.24) is 0 Å². The van der Waals surface area contributed by atoms with Crippen molar-refractivity contribution in [2.75, 3.05) is 6.61 Å². The van der Waals surface area contributed by atoms with Crippen LogP contribution in [-0.4, -0.2) is 26.9 Å². The van der Waals surface area contributed by atoms with Crippen molar-refractivity contribution < 1.29 is 9.47 Å². The average Bonchev–Trinajstić information content (AvgIpc) is 2.87. The largest absolute Gasteiger partial charge is 0.375 e. The lowest BCUT2D eigenvalue weighted by atomic mass is 9.98. The fourth-order valence-corrected chi connectivity index (χ4v) is 6.79. The van der Waals surface area contributed by atoms with E-state index in [1.807, 2.05) is 0 Å². The van der Waals surface area contributed by atoms with Gasteiger partial charge >= 0.3 is 0 Å². The molecule has 2 bridgehead atoms. The summed E-state index contributed by atoms with van der Waals surface area (Å²) in [7, 11) is -1.38. The molecule has 2 aliphatic heterocycles. The van der Waals surface area contributed by atoms with Crippen LogP contribution in [0, 0.1) is 0 Å². The fraction of sp³-hybridized carbons (Fsp3) is 0.684. The molecule has 2 heterocycles. The maximum Gasteiger partial charge on any atom is 0.0890 e. The second kappa shape index (κ2) is 6.46. The van der Waals surface area contributed by atoms with Gasteiger partial charge in [0.15, 0.2) is 0 Å². The Bertz CT molecular complexity index is 514. The van der Waals surface area contributed by atoms with E-state index in [1.54, 1.807) is 5.56 Å². The highest BCUT2D eigenvalue weighted by Crippen LogP contribution is 2.51. The van der Waals surface area contributed by atoms with Gasteiger partial charge in [0.2, 0.25) is 0 Å². The minimum absolute atomic E-state index is 0.255. The Morgan fingerprint density at radius 1 is 1.18 bits per heavy atom. The molecular weight excluding hydrogens is 288 g/mol. The van der Waals surface area contributed by atoms with E-state index in [4.69, 9.17) is 9.47 Å². The van der Waals surface area contributed by atoms with E-state index in [-0.39, 0.29) is 18.3 Å². The minimum atomic E-state index is -1.38. The number of rotatable bonds is 6. The van der Waals surface area contributed by atoms with Crippen LogP contribution < -0.4 is 0 Å². The van der Waals surface area contributed by atoms with E-state index in [2.05, 4.69) is 51.2 Å². The molecule has 0 radical (unpaired) electrons. The Labute approximate surface area is 136 Å². The van der Waals surface area contributed by atoms with Crippen molar-refractivity contribution in [3.05, 3.63) is 35.4 Å². The van der Waals surface area contributed by atoms with E-state index >= 15 is 0 Å². The second-order valence-electron chi connectivity index (χ2n) is 7.54. The zero-order valence-electron chi connectivity index (χ0n) is 14.5. The van der Waals surface area contributed by atoms with E-state index in [9.17, 15) is 0 Å². The van der Waals surface area contributed by atoms with Crippen LogP contribution in [0.1, 0.15) is 55.9 Å².